The van der Waals surface area contributed by atoms with Crippen LogP contribution < -0.4 is 0 Å². The Kier molecular flexibility index (Phi) is 4.55. The number of rotatable bonds is 5. The SMILES string of the molecule is O=[C]c1ccc(CCCCCl)cc1. The molecule has 1 nitrogen and oxygen atoms in total. The van der Waals surface area contributed by atoms with Crippen molar-refractivity contribution in [2.75, 3.05) is 5.88 Å². The second-order valence-corrected chi connectivity index (χ2v) is 3.32. The molecule has 0 aromatic heterocycles. The average molecular weight is 196 g/mol. The summed E-state index contributed by atoms with van der Waals surface area (Å²) < 4.78 is 0. The highest BCUT2D eigenvalue weighted by molar-refractivity contribution is 6.17. The van der Waals surface area contributed by atoms with Crippen LogP contribution in [0.1, 0.15) is 24.0 Å². The standard InChI is InChI=1S/C11H12ClO/c12-8-2-1-3-10-4-6-11(9-13)7-5-10/h4-7H,1-3,8H2. The topological polar surface area (TPSA) is 17.1 Å². The van der Waals surface area contributed by atoms with Crippen molar-refractivity contribution in [1.29, 1.82) is 0 Å². The molecule has 0 heterocycles. The Morgan fingerprint density at radius 2 is 1.85 bits per heavy atom. The van der Waals surface area contributed by atoms with Gasteiger partial charge in [-0.3, -0.25) is 4.79 Å². The van der Waals surface area contributed by atoms with E-state index in [1.54, 1.807) is 12.1 Å². The van der Waals surface area contributed by atoms with Gasteiger partial charge in [0.2, 0.25) is 6.29 Å². The highest BCUT2D eigenvalue weighted by Crippen LogP contribution is 2.06. The molecule has 1 aromatic carbocycles. The molecule has 0 atom stereocenters. The Balaban J connectivity index is 2.44. The Morgan fingerprint density at radius 3 is 2.38 bits per heavy atom. The third kappa shape index (κ3) is 3.60. The molecule has 0 spiro atoms. The molecular weight excluding hydrogens is 184 g/mol. The first-order valence-corrected chi connectivity index (χ1v) is 4.93. The van der Waals surface area contributed by atoms with Crippen molar-refractivity contribution in [3.8, 4) is 0 Å². The Bertz CT molecular complexity index is 253. The molecule has 1 radical (unpaired) electrons. The molecule has 69 valence electrons. The predicted octanol–water partition coefficient (Wildman–Crippen LogP) is 2.71. The highest BCUT2D eigenvalue weighted by Gasteiger charge is 1.94. The monoisotopic (exact) mass is 195 g/mol. The minimum atomic E-state index is 0.612. The lowest BCUT2D eigenvalue weighted by atomic mass is 10.1. The Labute approximate surface area is 83.7 Å². The summed E-state index contributed by atoms with van der Waals surface area (Å²) >= 11 is 5.56. The minimum absolute atomic E-state index is 0.612. The van der Waals surface area contributed by atoms with Gasteiger partial charge in [-0.05, 0) is 24.8 Å². The van der Waals surface area contributed by atoms with E-state index in [1.165, 1.54) is 5.56 Å². The summed E-state index contributed by atoms with van der Waals surface area (Å²) in [4.78, 5) is 10.2. The number of unbranched alkanes of at least 4 members (excludes halogenated alkanes) is 1. The van der Waals surface area contributed by atoms with Crippen LogP contribution in [-0.4, -0.2) is 12.2 Å². The Morgan fingerprint density at radius 1 is 1.15 bits per heavy atom. The molecule has 0 N–H and O–H groups in total. The number of halogens is 1. The second-order valence-electron chi connectivity index (χ2n) is 2.95. The molecule has 0 amide bonds. The maximum absolute atomic E-state index is 10.2. The second kappa shape index (κ2) is 5.76. The molecular formula is C11H12ClO. The van der Waals surface area contributed by atoms with Gasteiger partial charge in [0, 0.05) is 11.4 Å². The summed E-state index contributed by atoms with van der Waals surface area (Å²) in [6.07, 6.45) is 5.03. The highest BCUT2D eigenvalue weighted by atomic mass is 35.5. The van der Waals surface area contributed by atoms with Crippen molar-refractivity contribution in [2.24, 2.45) is 0 Å². The first kappa shape index (κ1) is 10.3. The van der Waals surface area contributed by atoms with Crippen LogP contribution in [0, 0.1) is 0 Å². The quantitative estimate of drug-likeness (QED) is 0.522. The van der Waals surface area contributed by atoms with Crippen molar-refractivity contribution in [3.63, 3.8) is 0 Å². The molecule has 1 rings (SSSR count). The summed E-state index contributed by atoms with van der Waals surface area (Å²) in [5.41, 5.74) is 1.87. The van der Waals surface area contributed by atoms with Crippen molar-refractivity contribution in [3.05, 3.63) is 35.4 Å². The summed E-state index contributed by atoms with van der Waals surface area (Å²) in [7, 11) is 0. The van der Waals surface area contributed by atoms with Gasteiger partial charge in [-0.15, -0.1) is 11.6 Å². The summed E-state index contributed by atoms with van der Waals surface area (Å²) in [6, 6.07) is 7.52. The molecule has 0 fully saturated rings. The number of hydrogen-bond donors (Lipinski definition) is 0. The van der Waals surface area contributed by atoms with Crippen molar-refractivity contribution in [2.45, 2.75) is 19.3 Å². The molecule has 0 saturated carbocycles. The number of hydrogen-bond acceptors (Lipinski definition) is 1. The first-order valence-electron chi connectivity index (χ1n) is 4.40. The van der Waals surface area contributed by atoms with Gasteiger partial charge >= 0.3 is 0 Å². The fraction of sp³-hybridized carbons (Fsp3) is 0.364. The lowest BCUT2D eigenvalue weighted by molar-refractivity contribution is 0.562. The third-order valence-corrected chi connectivity index (χ3v) is 2.19. The van der Waals surface area contributed by atoms with Gasteiger partial charge in [0.15, 0.2) is 0 Å². The smallest absolute Gasteiger partial charge is 0.233 e. The molecule has 0 aliphatic rings. The van der Waals surface area contributed by atoms with Crippen LogP contribution in [0.2, 0.25) is 0 Å². The van der Waals surface area contributed by atoms with E-state index < -0.39 is 0 Å². The van der Waals surface area contributed by atoms with Gasteiger partial charge in [0.25, 0.3) is 0 Å². The zero-order valence-electron chi connectivity index (χ0n) is 7.42. The van der Waals surface area contributed by atoms with Crippen LogP contribution in [0.5, 0.6) is 0 Å². The molecule has 0 aliphatic carbocycles. The molecule has 0 unspecified atom stereocenters. The van der Waals surface area contributed by atoms with E-state index in [0.717, 1.165) is 25.1 Å². The predicted molar refractivity (Wildman–Crippen MR) is 54.9 cm³/mol. The van der Waals surface area contributed by atoms with Gasteiger partial charge in [0.1, 0.15) is 0 Å². The van der Waals surface area contributed by atoms with Gasteiger partial charge in [-0.25, -0.2) is 0 Å². The van der Waals surface area contributed by atoms with Crippen LogP contribution in [0.15, 0.2) is 24.3 Å². The van der Waals surface area contributed by atoms with Crippen molar-refractivity contribution >= 4 is 17.9 Å². The van der Waals surface area contributed by atoms with Crippen LogP contribution in [0.3, 0.4) is 0 Å². The Hall–Kier alpha value is -0.820. The molecule has 0 aliphatic heterocycles. The van der Waals surface area contributed by atoms with Crippen LogP contribution in [0.25, 0.3) is 0 Å². The van der Waals surface area contributed by atoms with Crippen LogP contribution in [-0.2, 0) is 11.2 Å². The van der Waals surface area contributed by atoms with E-state index in [1.807, 2.05) is 18.4 Å². The number of aryl methyl sites for hydroxylation is 1. The van der Waals surface area contributed by atoms with Crippen LogP contribution >= 0.6 is 11.6 Å². The lowest BCUT2D eigenvalue weighted by Gasteiger charge is -1.99. The molecule has 0 saturated heterocycles. The zero-order chi connectivity index (χ0) is 9.52. The average Bonchev–Trinajstić information content (AvgIpc) is 2.19. The molecule has 2 heteroatoms. The fourth-order valence-corrected chi connectivity index (χ4v) is 1.35. The fourth-order valence-electron chi connectivity index (χ4n) is 1.16. The number of carbonyl (C=O) groups excluding carboxylic acids is 1. The van der Waals surface area contributed by atoms with Gasteiger partial charge < -0.3 is 0 Å². The lowest BCUT2D eigenvalue weighted by Crippen LogP contribution is -1.87. The van der Waals surface area contributed by atoms with Crippen LogP contribution in [0.4, 0.5) is 0 Å². The van der Waals surface area contributed by atoms with E-state index >= 15 is 0 Å². The zero-order valence-corrected chi connectivity index (χ0v) is 8.18. The van der Waals surface area contributed by atoms with E-state index in [-0.39, 0.29) is 0 Å². The summed E-state index contributed by atoms with van der Waals surface area (Å²) in [5.74, 6) is 0.722. The largest absolute Gasteiger partial charge is 0.285 e. The van der Waals surface area contributed by atoms with Crippen molar-refractivity contribution < 1.29 is 4.79 Å². The van der Waals surface area contributed by atoms with Gasteiger partial charge in [-0.1, -0.05) is 24.3 Å². The van der Waals surface area contributed by atoms with E-state index in [2.05, 4.69) is 0 Å². The van der Waals surface area contributed by atoms with Gasteiger partial charge in [0.05, 0.1) is 0 Å². The van der Waals surface area contributed by atoms with Gasteiger partial charge in [-0.2, -0.15) is 0 Å². The number of benzene rings is 1. The number of alkyl halides is 1. The first-order chi connectivity index (χ1) is 6.36. The third-order valence-electron chi connectivity index (χ3n) is 1.92. The van der Waals surface area contributed by atoms with E-state index in [4.69, 9.17) is 11.6 Å². The molecule has 0 bridgehead atoms. The maximum Gasteiger partial charge on any atom is 0.233 e. The normalized spacial score (nSPS) is 9.92. The molecule has 1 aromatic rings. The minimum Gasteiger partial charge on any atom is -0.285 e. The maximum atomic E-state index is 10.2. The molecule has 13 heavy (non-hydrogen) atoms. The van der Waals surface area contributed by atoms with Crippen molar-refractivity contribution in [1.82, 2.24) is 0 Å². The summed E-state index contributed by atoms with van der Waals surface area (Å²) in [5, 5.41) is 0. The van der Waals surface area contributed by atoms with E-state index in [0.29, 0.717) is 5.56 Å². The van der Waals surface area contributed by atoms with E-state index in [9.17, 15) is 4.79 Å². The summed E-state index contributed by atoms with van der Waals surface area (Å²) in [6.45, 7) is 0.